The van der Waals surface area contributed by atoms with Gasteiger partial charge in [-0.25, -0.2) is 4.79 Å². The third kappa shape index (κ3) is 4.19. The molecule has 0 bridgehead atoms. The second-order valence-electron chi connectivity index (χ2n) is 5.25. The number of carbonyl (C=O) groups excluding carboxylic acids is 2. The van der Waals surface area contributed by atoms with Gasteiger partial charge in [0.05, 0.1) is 12.1 Å². The van der Waals surface area contributed by atoms with Crippen molar-refractivity contribution >= 4 is 17.6 Å². The Labute approximate surface area is 130 Å². The van der Waals surface area contributed by atoms with Gasteiger partial charge in [-0.2, -0.15) is 0 Å². The van der Waals surface area contributed by atoms with Gasteiger partial charge in [-0.1, -0.05) is 62.4 Å². The molecule has 0 atom stereocenters. The highest BCUT2D eigenvalue weighted by Crippen LogP contribution is 2.17. The molecule has 0 aromatic heterocycles. The summed E-state index contributed by atoms with van der Waals surface area (Å²) < 4.78 is 0. The lowest BCUT2D eigenvalue weighted by molar-refractivity contribution is -0.150. The van der Waals surface area contributed by atoms with E-state index in [0.717, 1.165) is 10.6 Å². The molecule has 2 rings (SSSR count). The first-order valence-electron chi connectivity index (χ1n) is 7.21. The first-order chi connectivity index (χ1) is 10.6. The molecule has 0 N–H and O–H groups in total. The van der Waals surface area contributed by atoms with E-state index in [0.29, 0.717) is 5.69 Å². The molecule has 4 heteroatoms. The molecule has 0 heterocycles. The number of hydrogen-bond donors (Lipinski definition) is 0. The van der Waals surface area contributed by atoms with Crippen LogP contribution in [0.3, 0.4) is 0 Å². The second kappa shape index (κ2) is 7.41. The largest absolute Gasteiger partial charge is 0.337 e. The van der Waals surface area contributed by atoms with Gasteiger partial charge in [-0.15, -0.1) is 5.06 Å². The smallest absolute Gasteiger partial charge is 0.333 e. The second-order valence-corrected chi connectivity index (χ2v) is 5.25. The van der Waals surface area contributed by atoms with Crippen molar-refractivity contribution in [2.24, 2.45) is 5.92 Å². The van der Waals surface area contributed by atoms with E-state index < -0.39 is 5.97 Å². The van der Waals surface area contributed by atoms with Crippen molar-refractivity contribution in [3.8, 4) is 0 Å². The Kier molecular flexibility index (Phi) is 5.31. The van der Waals surface area contributed by atoms with E-state index in [1.807, 2.05) is 36.4 Å². The highest BCUT2D eigenvalue weighted by atomic mass is 16.7. The Hall–Kier alpha value is -2.62. The molecule has 0 aliphatic rings. The minimum absolute atomic E-state index is 0.121. The lowest BCUT2D eigenvalue weighted by atomic mass is 10.1. The van der Waals surface area contributed by atoms with Crippen LogP contribution in [-0.2, 0) is 20.8 Å². The van der Waals surface area contributed by atoms with Crippen molar-refractivity contribution in [3.63, 3.8) is 0 Å². The van der Waals surface area contributed by atoms with Crippen molar-refractivity contribution in [2.75, 3.05) is 5.06 Å². The number of anilines is 1. The molecule has 114 valence electrons. The van der Waals surface area contributed by atoms with Crippen LogP contribution in [0, 0.1) is 5.92 Å². The Morgan fingerprint density at radius 3 is 2.05 bits per heavy atom. The number of carbonyl (C=O) groups is 2. The summed E-state index contributed by atoms with van der Waals surface area (Å²) in [5.41, 5.74) is 1.39. The molecule has 0 radical (unpaired) electrons. The minimum atomic E-state index is -0.468. The summed E-state index contributed by atoms with van der Waals surface area (Å²) in [4.78, 5) is 29.7. The van der Waals surface area contributed by atoms with Gasteiger partial charge in [0.2, 0.25) is 0 Å². The summed E-state index contributed by atoms with van der Waals surface area (Å²) in [6, 6.07) is 18.2. The average molecular weight is 297 g/mol. The molecule has 22 heavy (non-hydrogen) atoms. The number of para-hydroxylation sites is 1. The van der Waals surface area contributed by atoms with E-state index in [9.17, 15) is 9.59 Å². The van der Waals surface area contributed by atoms with Gasteiger partial charge in [0.1, 0.15) is 0 Å². The van der Waals surface area contributed by atoms with Gasteiger partial charge in [0.25, 0.3) is 5.91 Å². The summed E-state index contributed by atoms with van der Waals surface area (Å²) >= 11 is 0. The first kappa shape index (κ1) is 15.8. The third-order valence-electron chi connectivity index (χ3n) is 3.07. The maximum atomic E-state index is 12.3. The lowest BCUT2D eigenvalue weighted by Crippen LogP contribution is -2.37. The van der Waals surface area contributed by atoms with E-state index in [4.69, 9.17) is 4.84 Å². The molecule has 0 spiro atoms. The molecular formula is C18H19NO3. The molecule has 0 saturated carbocycles. The van der Waals surface area contributed by atoms with Crippen molar-refractivity contribution in [1.29, 1.82) is 0 Å². The van der Waals surface area contributed by atoms with E-state index in [-0.39, 0.29) is 18.2 Å². The fraction of sp³-hybridized carbons (Fsp3) is 0.222. The zero-order valence-electron chi connectivity index (χ0n) is 12.7. The van der Waals surface area contributed by atoms with Crippen LogP contribution < -0.4 is 5.06 Å². The number of amides is 1. The van der Waals surface area contributed by atoms with Crippen LogP contribution >= 0.6 is 0 Å². The van der Waals surface area contributed by atoms with E-state index in [2.05, 4.69) is 0 Å². The normalized spacial score (nSPS) is 10.3. The fourth-order valence-corrected chi connectivity index (χ4v) is 1.92. The Bertz CT molecular complexity index is 623. The summed E-state index contributed by atoms with van der Waals surface area (Å²) in [5.74, 6) is -0.999. The molecule has 4 nitrogen and oxygen atoms in total. The fourth-order valence-electron chi connectivity index (χ4n) is 1.92. The van der Waals surface area contributed by atoms with Crippen LogP contribution in [0.25, 0.3) is 0 Å². The molecular weight excluding hydrogens is 278 g/mol. The van der Waals surface area contributed by atoms with E-state index in [1.54, 1.807) is 38.1 Å². The lowest BCUT2D eigenvalue weighted by Gasteiger charge is -2.22. The molecule has 0 unspecified atom stereocenters. The van der Waals surface area contributed by atoms with Crippen LogP contribution in [0.1, 0.15) is 19.4 Å². The van der Waals surface area contributed by atoms with Crippen LogP contribution in [-0.4, -0.2) is 11.9 Å². The Balaban J connectivity index is 2.13. The number of benzene rings is 2. The quantitative estimate of drug-likeness (QED) is 0.813. The molecule has 2 aromatic rings. The zero-order valence-corrected chi connectivity index (χ0v) is 12.7. The van der Waals surface area contributed by atoms with Crippen molar-refractivity contribution in [3.05, 3.63) is 66.2 Å². The maximum Gasteiger partial charge on any atom is 0.337 e. The minimum Gasteiger partial charge on any atom is -0.333 e. The Morgan fingerprint density at radius 2 is 1.50 bits per heavy atom. The molecule has 1 amide bonds. The van der Waals surface area contributed by atoms with Crippen LogP contribution in [0.4, 0.5) is 5.69 Å². The van der Waals surface area contributed by atoms with Crippen LogP contribution in [0.15, 0.2) is 60.7 Å². The van der Waals surface area contributed by atoms with Crippen LogP contribution in [0.2, 0.25) is 0 Å². The first-order valence-corrected chi connectivity index (χ1v) is 7.21. The Morgan fingerprint density at radius 1 is 0.955 bits per heavy atom. The highest BCUT2D eigenvalue weighted by molar-refractivity contribution is 5.94. The van der Waals surface area contributed by atoms with Gasteiger partial charge < -0.3 is 4.84 Å². The van der Waals surface area contributed by atoms with E-state index >= 15 is 0 Å². The summed E-state index contributed by atoms with van der Waals surface area (Å²) in [6.07, 6.45) is 0.121. The standard InChI is InChI=1S/C18H19NO3/c1-14(2)18(21)19(16-11-7-4-8-12-16)22-17(20)13-15-9-5-3-6-10-15/h3-12,14H,13H2,1-2H3. The number of hydroxylamine groups is 1. The summed E-state index contributed by atoms with van der Waals surface area (Å²) in [6.45, 7) is 3.53. The van der Waals surface area contributed by atoms with Crippen molar-refractivity contribution in [2.45, 2.75) is 20.3 Å². The third-order valence-corrected chi connectivity index (χ3v) is 3.07. The topological polar surface area (TPSA) is 46.6 Å². The average Bonchev–Trinajstić information content (AvgIpc) is 2.53. The zero-order chi connectivity index (χ0) is 15.9. The van der Waals surface area contributed by atoms with Gasteiger partial charge in [0, 0.05) is 5.92 Å². The summed E-state index contributed by atoms with van der Waals surface area (Å²) in [7, 11) is 0. The van der Waals surface area contributed by atoms with Crippen molar-refractivity contribution in [1.82, 2.24) is 0 Å². The van der Waals surface area contributed by atoms with E-state index in [1.165, 1.54) is 0 Å². The number of nitrogens with zero attached hydrogens (tertiary/aromatic N) is 1. The predicted molar refractivity (Wildman–Crippen MR) is 85.0 cm³/mol. The molecule has 0 saturated heterocycles. The van der Waals surface area contributed by atoms with Crippen molar-refractivity contribution < 1.29 is 14.4 Å². The highest BCUT2D eigenvalue weighted by Gasteiger charge is 2.23. The van der Waals surface area contributed by atoms with Gasteiger partial charge in [0.15, 0.2) is 0 Å². The van der Waals surface area contributed by atoms with Gasteiger partial charge in [-0.05, 0) is 17.7 Å². The molecule has 0 fully saturated rings. The molecule has 2 aromatic carbocycles. The van der Waals surface area contributed by atoms with Crippen LogP contribution in [0.5, 0.6) is 0 Å². The van der Waals surface area contributed by atoms with Gasteiger partial charge >= 0.3 is 5.97 Å². The molecule has 0 aliphatic heterocycles. The number of rotatable bonds is 4. The monoisotopic (exact) mass is 297 g/mol. The van der Waals surface area contributed by atoms with Gasteiger partial charge in [-0.3, -0.25) is 4.79 Å². The SMILES string of the molecule is CC(C)C(=O)N(OC(=O)Cc1ccccc1)c1ccccc1. The number of hydrogen-bond acceptors (Lipinski definition) is 3. The summed E-state index contributed by atoms with van der Waals surface area (Å²) in [5, 5.41) is 1.08. The molecule has 0 aliphatic carbocycles. The predicted octanol–water partition coefficient (Wildman–Crippen LogP) is 3.38. The maximum absolute atomic E-state index is 12.3.